The number of ether oxygens (including phenoxy) is 1. The first kappa shape index (κ1) is 12.6. The zero-order valence-corrected chi connectivity index (χ0v) is 8.82. The molecule has 1 aromatic rings. The molecule has 0 aliphatic heterocycles. The second-order valence-electron chi connectivity index (χ2n) is 2.85. The van der Waals surface area contributed by atoms with Crippen molar-refractivity contribution < 1.29 is 22.7 Å². The molecule has 1 rings (SSSR count). The molecule has 1 N–H and O–H groups in total. The molecule has 0 saturated heterocycles. The first-order valence-corrected chi connectivity index (χ1v) is 4.49. The minimum Gasteiger partial charge on any atom is -0.402 e. The Balaban J connectivity index is 3.08. The van der Waals surface area contributed by atoms with Gasteiger partial charge in [0.1, 0.15) is 0 Å². The van der Waals surface area contributed by atoms with Crippen LogP contribution in [0.15, 0.2) is 18.2 Å². The highest BCUT2D eigenvalue weighted by molar-refractivity contribution is 6.32. The van der Waals surface area contributed by atoms with Crippen molar-refractivity contribution >= 4 is 23.2 Å². The normalized spacial score (nSPS) is 11.1. The van der Waals surface area contributed by atoms with Gasteiger partial charge in [-0.3, -0.25) is 4.79 Å². The van der Waals surface area contributed by atoms with E-state index >= 15 is 0 Å². The zero-order chi connectivity index (χ0) is 12.3. The van der Waals surface area contributed by atoms with E-state index < -0.39 is 18.0 Å². The standard InChI is InChI=1S/C9H7ClF3NO2/c1-5(15)14-7-4-2-3-6(10)8(7)16-9(11,12)13/h2-4H,1H3,(H,14,15). The van der Waals surface area contributed by atoms with E-state index in [2.05, 4.69) is 10.1 Å². The number of carbonyl (C=O) groups excluding carboxylic acids is 1. The average molecular weight is 254 g/mol. The Hall–Kier alpha value is -1.43. The minimum absolute atomic E-state index is 0.127. The number of nitrogens with one attached hydrogen (secondary N) is 1. The van der Waals surface area contributed by atoms with Gasteiger partial charge in [-0.05, 0) is 12.1 Å². The second kappa shape index (κ2) is 4.61. The van der Waals surface area contributed by atoms with Gasteiger partial charge in [-0.1, -0.05) is 17.7 Å². The summed E-state index contributed by atoms with van der Waals surface area (Å²) in [5.74, 6) is -1.14. The minimum atomic E-state index is -4.86. The van der Waals surface area contributed by atoms with E-state index in [0.717, 1.165) is 6.92 Å². The molecule has 0 bridgehead atoms. The summed E-state index contributed by atoms with van der Waals surface area (Å²) in [6.45, 7) is 1.16. The van der Waals surface area contributed by atoms with Crippen molar-refractivity contribution in [2.75, 3.05) is 5.32 Å². The second-order valence-corrected chi connectivity index (χ2v) is 3.25. The lowest BCUT2D eigenvalue weighted by atomic mass is 10.3. The van der Waals surface area contributed by atoms with E-state index in [4.69, 9.17) is 11.6 Å². The van der Waals surface area contributed by atoms with Crippen molar-refractivity contribution in [3.63, 3.8) is 0 Å². The Bertz CT molecular complexity index is 406. The van der Waals surface area contributed by atoms with Crippen LogP contribution in [0.25, 0.3) is 0 Å². The quantitative estimate of drug-likeness (QED) is 0.879. The number of rotatable bonds is 2. The largest absolute Gasteiger partial charge is 0.573 e. The maximum absolute atomic E-state index is 12.0. The smallest absolute Gasteiger partial charge is 0.402 e. The highest BCUT2D eigenvalue weighted by Gasteiger charge is 2.33. The van der Waals surface area contributed by atoms with E-state index in [1.165, 1.54) is 18.2 Å². The molecule has 0 radical (unpaired) electrons. The molecule has 0 atom stereocenters. The van der Waals surface area contributed by atoms with Crippen LogP contribution in [0.1, 0.15) is 6.92 Å². The molecule has 0 fully saturated rings. The molecule has 0 spiro atoms. The predicted molar refractivity (Wildman–Crippen MR) is 52.4 cm³/mol. The van der Waals surface area contributed by atoms with E-state index in [1.807, 2.05) is 0 Å². The maximum atomic E-state index is 12.0. The molecule has 88 valence electrons. The Morgan fingerprint density at radius 3 is 2.56 bits per heavy atom. The number of amides is 1. The van der Waals surface area contributed by atoms with Crippen molar-refractivity contribution in [3.8, 4) is 5.75 Å². The fourth-order valence-corrected chi connectivity index (χ4v) is 1.23. The highest BCUT2D eigenvalue weighted by Crippen LogP contribution is 2.36. The van der Waals surface area contributed by atoms with Gasteiger partial charge in [0.05, 0.1) is 10.7 Å². The van der Waals surface area contributed by atoms with Crippen molar-refractivity contribution in [2.45, 2.75) is 13.3 Å². The SMILES string of the molecule is CC(=O)Nc1cccc(Cl)c1OC(F)(F)F. The summed E-state index contributed by atoms with van der Waals surface area (Å²) in [4.78, 5) is 10.8. The Kier molecular flexibility index (Phi) is 3.64. The molecule has 3 nitrogen and oxygen atoms in total. The van der Waals surface area contributed by atoms with Gasteiger partial charge >= 0.3 is 6.36 Å². The van der Waals surface area contributed by atoms with E-state index in [-0.39, 0.29) is 10.7 Å². The lowest BCUT2D eigenvalue weighted by Crippen LogP contribution is -2.19. The Morgan fingerprint density at radius 1 is 1.44 bits per heavy atom. The number of anilines is 1. The fourth-order valence-electron chi connectivity index (χ4n) is 1.02. The van der Waals surface area contributed by atoms with Crippen LogP contribution >= 0.6 is 11.6 Å². The highest BCUT2D eigenvalue weighted by atomic mass is 35.5. The molecular weight excluding hydrogens is 247 g/mol. The molecule has 0 saturated carbocycles. The summed E-state index contributed by atoms with van der Waals surface area (Å²) in [6, 6.07) is 3.89. The molecule has 16 heavy (non-hydrogen) atoms. The number of hydrogen-bond acceptors (Lipinski definition) is 2. The Morgan fingerprint density at radius 2 is 2.06 bits per heavy atom. The number of hydrogen-bond donors (Lipinski definition) is 1. The molecule has 7 heteroatoms. The van der Waals surface area contributed by atoms with Gasteiger partial charge in [0.25, 0.3) is 0 Å². The topological polar surface area (TPSA) is 38.3 Å². The van der Waals surface area contributed by atoms with Crippen LogP contribution in [0.3, 0.4) is 0 Å². The van der Waals surface area contributed by atoms with Crippen LogP contribution < -0.4 is 10.1 Å². The van der Waals surface area contributed by atoms with Crippen molar-refractivity contribution in [1.29, 1.82) is 0 Å². The summed E-state index contributed by atoms with van der Waals surface area (Å²) in [5, 5.41) is 1.96. The third-order valence-electron chi connectivity index (χ3n) is 1.50. The Labute approximate surface area is 94.2 Å². The first-order chi connectivity index (χ1) is 7.29. The third kappa shape index (κ3) is 3.62. The summed E-state index contributed by atoms with van der Waals surface area (Å²) >= 11 is 5.54. The average Bonchev–Trinajstić information content (AvgIpc) is 2.08. The van der Waals surface area contributed by atoms with E-state index in [1.54, 1.807) is 0 Å². The summed E-state index contributed by atoms with van der Waals surface area (Å²) in [6.07, 6.45) is -4.86. The summed E-state index contributed by atoms with van der Waals surface area (Å²) in [5.41, 5.74) is -0.127. The molecule has 1 amide bonds. The molecular formula is C9H7ClF3NO2. The van der Waals surface area contributed by atoms with Crippen LogP contribution in [0.2, 0.25) is 5.02 Å². The molecule has 1 aromatic carbocycles. The number of alkyl halides is 3. The van der Waals surface area contributed by atoms with Gasteiger partial charge in [0, 0.05) is 6.92 Å². The maximum Gasteiger partial charge on any atom is 0.573 e. The van der Waals surface area contributed by atoms with E-state index in [9.17, 15) is 18.0 Å². The van der Waals surface area contributed by atoms with Crippen LogP contribution in [-0.4, -0.2) is 12.3 Å². The molecule has 0 aliphatic rings. The fraction of sp³-hybridized carbons (Fsp3) is 0.222. The van der Waals surface area contributed by atoms with Crippen LogP contribution in [0, 0.1) is 0 Å². The van der Waals surface area contributed by atoms with Crippen LogP contribution in [0.4, 0.5) is 18.9 Å². The third-order valence-corrected chi connectivity index (χ3v) is 1.79. The van der Waals surface area contributed by atoms with Gasteiger partial charge in [-0.25, -0.2) is 0 Å². The predicted octanol–water partition coefficient (Wildman–Crippen LogP) is 3.20. The summed E-state index contributed by atoms with van der Waals surface area (Å²) in [7, 11) is 0. The van der Waals surface area contributed by atoms with E-state index in [0.29, 0.717) is 0 Å². The van der Waals surface area contributed by atoms with Gasteiger partial charge in [0.2, 0.25) is 5.91 Å². The van der Waals surface area contributed by atoms with Gasteiger partial charge in [0.15, 0.2) is 5.75 Å². The van der Waals surface area contributed by atoms with Gasteiger partial charge in [-0.15, -0.1) is 13.2 Å². The molecule has 0 heterocycles. The van der Waals surface area contributed by atoms with Crippen LogP contribution in [-0.2, 0) is 4.79 Å². The monoisotopic (exact) mass is 253 g/mol. The first-order valence-electron chi connectivity index (χ1n) is 4.11. The summed E-state index contributed by atoms with van der Waals surface area (Å²) < 4.78 is 39.9. The lowest BCUT2D eigenvalue weighted by molar-refractivity contribution is -0.274. The van der Waals surface area contributed by atoms with Crippen molar-refractivity contribution in [1.82, 2.24) is 0 Å². The van der Waals surface area contributed by atoms with Crippen molar-refractivity contribution in [2.24, 2.45) is 0 Å². The number of halogens is 4. The number of benzene rings is 1. The molecule has 0 aliphatic carbocycles. The number of para-hydroxylation sites is 1. The van der Waals surface area contributed by atoms with Gasteiger partial charge in [-0.2, -0.15) is 0 Å². The van der Waals surface area contributed by atoms with Crippen LogP contribution in [0.5, 0.6) is 5.75 Å². The van der Waals surface area contributed by atoms with Crippen molar-refractivity contribution in [3.05, 3.63) is 23.2 Å². The van der Waals surface area contributed by atoms with Gasteiger partial charge < -0.3 is 10.1 Å². The molecule has 0 unspecified atom stereocenters. The zero-order valence-electron chi connectivity index (χ0n) is 8.06. The number of carbonyl (C=O) groups is 1. The molecule has 0 aromatic heterocycles. The lowest BCUT2D eigenvalue weighted by Gasteiger charge is -2.14.